The van der Waals surface area contributed by atoms with Crippen LogP contribution in [-0.4, -0.2) is 12.0 Å². The summed E-state index contributed by atoms with van der Waals surface area (Å²) >= 11 is 0. The minimum atomic E-state index is -1.94. The normalized spacial score (nSPS) is 12.8. The van der Waals surface area contributed by atoms with Crippen molar-refractivity contribution in [2.24, 2.45) is 5.92 Å². The number of carbonyl (C=O) groups excluding carboxylic acids is 1. The number of hydrogen-bond acceptors (Lipinski definition) is 2. The Morgan fingerprint density at radius 1 is 1.67 bits per heavy atom. The van der Waals surface area contributed by atoms with E-state index in [4.69, 9.17) is 5.26 Å². The first-order valence-corrected chi connectivity index (χ1v) is 2.67. The Morgan fingerprint density at radius 3 is 2.22 bits per heavy atom. The highest BCUT2D eigenvalue weighted by Crippen LogP contribution is 2.01. The number of rotatable bonds is 2. The second-order valence-electron chi connectivity index (χ2n) is 2.05. The predicted octanol–water partition coefficient (Wildman–Crippen LogP) is 1.07. The third-order valence-electron chi connectivity index (χ3n) is 0.932. The lowest BCUT2D eigenvalue weighted by Crippen LogP contribution is -2.18. The molecule has 0 saturated carbocycles. The maximum absolute atomic E-state index is 12.1. The number of ketones is 1. The summed E-state index contributed by atoms with van der Waals surface area (Å²) in [6.45, 7) is 3.12. The van der Waals surface area contributed by atoms with Crippen molar-refractivity contribution in [3.05, 3.63) is 0 Å². The summed E-state index contributed by atoms with van der Waals surface area (Å²) < 4.78 is 12.1. The van der Waals surface area contributed by atoms with Gasteiger partial charge in [-0.05, 0) is 0 Å². The molecular weight excluding hydrogens is 121 g/mol. The molecule has 0 N–H and O–H groups in total. The van der Waals surface area contributed by atoms with Crippen LogP contribution < -0.4 is 0 Å². The predicted molar refractivity (Wildman–Crippen MR) is 30.4 cm³/mol. The van der Waals surface area contributed by atoms with Crippen LogP contribution in [0, 0.1) is 17.2 Å². The Labute approximate surface area is 53.3 Å². The standard InChI is InChI=1S/C6H8FNO/c1-4(2)6(9)5(7)3-8/h4-5H,1-2H3. The summed E-state index contributed by atoms with van der Waals surface area (Å²) in [4.78, 5) is 10.5. The minimum absolute atomic E-state index is 0.389. The van der Waals surface area contributed by atoms with E-state index in [0.29, 0.717) is 0 Å². The number of alkyl halides is 1. The molecule has 1 atom stereocenters. The molecule has 0 radical (unpaired) electrons. The van der Waals surface area contributed by atoms with Crippen molar-refractivity contribution < 1.29 is 9.18 Å². The van der Waals surface area contributed by atoms with Crippen LogP contribution in [0.1, 0.15) is 13.8 Å². The van der Waals surface area contributed by atoms with Crippen molar-refractivity contribution in [3.63, 3.8) is 0 Å². The lowest BCUT2D eigenvalue weighted by molar-refractivity contribution is -0.124. The molecule has 1 unspecified atom stereocenters. The van der Waals surface area contributed by atoms with Gasteiger partial charge in [0.25, 0.3) is 0 Å². The lowest BCUT2D eigenvalue weighted by atomic mass is 10.1. The molecule has 0 heterocycles. The third-order valence-corrected chi connectivity index (χ3v) is 0.932. The highest BCUT2D eigenvalue weighted by Gasteiger charge is 2.18. The van der Waals surface area contributed by atoms with Crippen LogP contribution in [0.5, 0.6) is 0 Å². The van der Waals surface area contributed by atoms with Crippen LogP contribution in [0.3, 0.4) is 0 Å². The first kappa shape index (κ1) is 8.09. The minimum Gasteiger partial charge on any atom is -0.295 e. The van der Waals surface area contributed by atoms with E-state index in [0.717, 1.165) is 0 Å². The molecule has 0 amide bonds. The van der Waals surface area contributed by atoms with Gasteiger partial charge in [0.1, 0.15) is 6.07 Å². The van der Waals surface area contributed by atoms with Crippen LogP contribution in [0.25, 0.3) is 0 Å². The summed E-state index contributed by atoms with van der Waals surface area (Å²) in [5.74, 6) is -1.03. The number of Topliss-reactive ketones (excluding diaryl/α,β-unsaturated/α-hetero) is 1. The highest BCUT2D eigenvalue weighted by molar-refractivity contribution is 5.86. The van der Waals surface area contributed by atoms with Crippen molar-refractivity contribution in [2.75, 3.05) is 0 Å². The topological polar surface area (TPSA) is 40.9 Å². The van der Waals surface area contributed by atoms with Gasteiger partial charge in [-0.2, -0.15) is 5.26 Å². The summed E-state index contributed by atoms with van der Waals surface area (Å²) in [5, 5.41) is 7.91. The summed E-state index contributed by atoms with van der Waals surface area (Å²) in [6, 6.07) is 1.23. The van der Waals surface area contributed by atoms with E-state index in [9.17, 15) is 9.18 Å². The highest BCUT2D eigenvalue weighted by atomic mass is 19.1. The number of halogens is 1. The maximum atomic E-state index is 12.1. The zero-order valence-corrected chi connectivity index (χ0v) is 5.39. The van der Waals surface area contributed by atoms with E-state index in [1.54, 1.807) is 13.8 Å². The number of nitrogens with zero attached hydrogens (tertiary/aromatic N) is 1. The molecule has 0 fully saturated rings. The molecule has 0 bridgehead atoms. The average Bonchev–Trinajstić information content (AvgIpc) is 1.84. The maximum Gasteiger partial charge on any atom is 0.243 e. The fraction of sp³-hybridized carbons (Fsp3) is 0.667. The summed E-state index contributed by atoms with van der Waals surface area (Å²) in [6.07, 6.45) is -1.94. The van der Waals surface area contributed by atoms with E-state index in [2.05, 4.69) is 0 Å². The van der Waals surface area contributed by atoms with Crippen molar-refractivity contribution in [2.45, 2.75) is 20.0 Å². The van der Waals surface area contributed by atoms with Gasteiger partial charge in [-0.3, -0.25) is 4.79 Å². The number of carbonyl (C=O) groups is 1. The molecule has 0 aromatic heterocycles. The van der Waals surface area contributed by atoms with E-state index >= 15 is 0 Å². The van der Waals surface area contributed by atoms with Crippen LogP contribution >= 0.6 is 0 Å². The van der Waals surface area contributed by atoms with Crippen LogP contribution in [0.4, 0.5) is 4.39 Å². The monoisotopic (exact) mass is 129 g/mol. The number of hydrogen-bond donors (Lipinski definition) is 0. The molecular formula is C6H8FNO. The summed E-state index contributed by atoms with van der Waals surface area (Å²) in [7, 11) is 0. The molecule has 0 aromatic carbocycles. The van der Waals surface area contributed by atoms with E-state index in [-0.39, 0.29) is 5.92 Å². The smallest absolute Gasteiger partial charge is 0.243 e. The molecule has 0 rings (SSSR count). The van der Waals surface area contributed by atoms with Gasteiger partial charge in [0.2, 0.25) is 6.17 Å². The molecule has 0 aliphatic heterocycles. The molecule has 9 heavy (non-hydrogen) atoms. The molecule has 2 nitrogen and oxygen atoms in total. The van der Waals surface area contributed by atoms with Gasteiger partial charge in [-0.25, -0.2) is 4.39 Å². The zero-order chi connectivity index (χ0) is 7.44. The Hall–Kier alpha value is -0.910. The quantitative estimate of drug-likeness (QED) is 0.559. The molecule has 50 valence electrons. The van der Waals surface area contributed by atoms with Crippen molar-refractivity contribution in [3.8, 4) is 6.07 Å². The van der Waals surface area contributed by atoms with Crippen molar-refractivity contribution >= 4 is 5.78 Å². The van der Waals surface area contributed by atoms with E-state index < -0.39 is 12.0 Å². The zero-order valence-electron chi connectivity index (χ0n) is 5.39. The second-order valence-corrected chi connectivity index (χ2v) is 2.05. The van der Waals surface area contributed by atoms with Gasteiger partial charge in [-0.1, -0.05) is 13.8 Å². The Morgan fingerprint density at radius 2 is 2.11 bits per heavy atom. The molecule has 0 aliphatic carbocycles. The Bertz CT molecular complexity index is 148. The first-order valence-electron chi connectivity index (χ1n) is 2.67. The van der Waals surface area contributed by atoms with Crippen LogP contribution in [0.15, 0.2) is 0 Å². The molecule has 3 heteroatoms. The molecule has 0 spiro atoms. The third kappa shape index (κ3) is 2.22. The first-order chi connectivity index (χ1) is 4.09. The van der Waals surface area contributed by atoms with Gasteiger partial charge in [0.05, 0.1) is 0 Å². The largest absolute Gasteiger partial charge is 0.295 e. The molecule has 0 aliphatic rings. The van der Waals surface area contributed by atoms with Gasteiger partial charge in [0.15, 0.2) is 5.78 Å². The lowest BCUT2D eigenvalue weighted by Gasteiger charge is -1.99. The van der Waals surface area contributed by atoms with Crippen LogP contribution in [-0.2, 0) is 4.79 Å². The van der Waals surface area contributed by atoms with Gasteiger partial charge < -0.3 is 0 Å². The van der Waals surface area contributed by atoms with Gasteiger partial charge >= 0.3 is 0 Å². The SMILES string of the molecule is CC(C)C(=O)C(F)C#N. The molecule has 0 aromatic rings. The average molecular weight is 129 g/mol. The Kier molecular flexibility index (Phi) is 2.86. The summed E-state index contributed by atoms with van der Waals surface area (Å²) in [5.41, 5.74) is 0. The van der Waals surface area contributed by atoms with Crippen molar-refractivity contribution in [1.82, 2.24) is 0 Å². The van der Waals surface area contributed by atoms with Gasteiger partial charge in [0, 0.05) is 5.92 Å². The number of nitriles is 1. The fourth-order valence-corrected chi connectivity index (χ4v) is 0.356. The molecule has 0 saturated heterocycles. The second kappa shape index (κ2) is 3.18. The van der Waals surface area contributed by atoms with Gasteiger partial charge in [-0.15, -0.1) is 0 Å². The Balaban J connectivity index is 3.92. The fourth-order valence-electron chi connectivity index (χ4n) is 0.356. The van der Waals surface area contributed by atoms with E-state index in [1.165, 1.54) is 6.07 Å². The van der Waals surface area contributed by atoms with Crippen LogP contribution in [0.2, 0.25) is 0 Å². The van der Waals surface area contributed by atoms with E-state index in [1.807, 2.05) is 0 Å². The van der Waals surface area contributed by atoms with Crippen molar-refractivity contribution in [1.29, 1.82) is 5.26 Å².